The zero-order valence-corrected chi connectivity index (χ0v) is 18.6. The Bertz CT molecular complexity index is 1370. The Morgan fingerprint density at radius 3 is 2.36 bits per heavy atom. The first kappa shape index (κ1) is 20.9. The number of nitrogens with zero attached hydrogens (tertiary/aromatic N) is 2. The van der Waals surface area contributed by atoms with Crippen molar-refractivity contribution in [2.45, 2.75) is 19.6 Å². The van der Waals surface area contributed by atoms with Gasteiger partial charge in [-0.05, 0) is 42.1 Å². The number of aryl methyl sites for hydroxylation is 1. The molecule has 0 atom stereocenters. The van der Waals surface area contributed by atoms with Gasteiger partial charge in [0.05, 0.1) is 24.8 Å². The van der Waals surface area contributed by atoms with Crippen LogP contribution < -0.4 is 14.2 Å². The van der Waals surface area contributed by atoms with Crippen LogP contribution in [0.4, 0.5) is 0 Å². The molecule has 33 heavy (non-hydrogen) atoms. The van der Waals surface area contributed by atoms with Gasteiger partial charge in [-0.2, -0.15) is 0 Å². The fourth-order valence-corrected chi connectivity index (χ4v) is 4.09. The predicted octanol–water partition coefficient (Wildman–Crippen LogP) is 6.25. The van der Waals surface area contributed by atoms with Crippen molar-refractivity contribution in [2.75, 3.05) is 13.7 Å². The Morgan fingerprint density at radius 1 is 0.727 bits per heavy atom. The number of hydrogen-bond acceptors (Lipinski definition) is 4. The first-order valence-corrected chi connectivity index (χ1v) is 11.1. The normalized spacial score (nSPS) is 11.1. The Morgan fingerprint density at radius 2 is 1.45 bits per heavy atom. The average molecular weight is 439 g/mol. The van der Waals surface area contributed by atoms with E-state index in [0.717, 1.165) is 57.8 Å². The van der Waals surface area contributed by atoms with E-state index in [2.05, 4.69) is 28.8 Å². The van der Waals surface area contributed by atoms with E-state index in [-0.39, 0.29) is 0 Å². The van der Waals surface area contributed by atoms with Crippen LogP contribution in [-0.2, 0) is 13.2 Å². The van der Waals surface area contributed by atoms with Gasteiger partial charge in [-0.25, -0.2) is 4.98 Å². The molecule has 0 aliphatic carbocycles. The first-order chi connectivity index (χ1) is 16.3. The van der Waals surface area contributed by atoms with Crippen molar-refractivity contribution in [1.29, 1.82) is 0 Å². The topological polar surface area (TPSA) is 45.5 Å². The quantitative estimate of drug-likeness (QED) is 0.255. The number of fused-ring (bicyclic) bond motifs is 2. The van der Waals surface area contributed by atoms with E-state index in [1.165, 1.54) is 0 Å². The summed E-state index contributed by atoms with van der Waals surface area (Å²) in [5, 5.41) is 2.27. The van der Waals surface area contributed by atoms with Crippen molar-refractivity contribution < 1.29 is 14.2 Å². The molecular formula is C28H26N2O3. The molecule has 5 rings (SSSR count). The third-order valence-corrected chi connectivity index (χ3v) is 5.69. The van der Waals surface area contributed by atoms with Gasteiger partial charge in [0, 0.05) is 11.9 Å². The van der Waals surface area contributed by atoms with Crippen LogP contribution in [0.15, 0.2) is 91.0 Å². The summed E-state index contributed by atoms with van der Waals surface area (Å²) in [6.45, 7) is 1.76. The monoisotopic (exact) mass is 438 g/mol. The van der Waals surface area contributed by atoms with Gasteiger partial charge in [0.1, 0.15) is 18.2 Å². The molecule has 0 saturated carbocycles. The number of imidazole rings is 1. The molecule has 1 aromatic heterocycles. The van der Waals surface area contributed by atoms with E-state index in [1.807, 2.05) is 66.7 Å². The maximum absolute atomic E-state index is 6.25. The van der Waals surface area contributed by atoms with Gasteiger partial charge in [0.2, 0.25) is 0 Å². The third kappa shape index (κ3) is 4.48. The van der Waals surface area contributed by atoms with Gasteiger partial charge < -0.3 is 18.8 Å². The van der Waals surface area contributed by atoms with Crippen molar-refractivity contribution in [3.05, 3.63) is 96.8 Å². The molecule has 4 aromatic carbocycles. The van der Waals surface area contributed by atoms with Crippen LogP contribution in [-0.4, -0.2) is 23.3 Å². The Hall–Kier alpha value is -3.99. The minimum atomic E-state index is 0.399. The van der Waals surface area contributed by atoms with Gasteiger partial charge in [0.25, 0.3) is 0 Å². The van der Waals surface area contributed by atoms with E-state index >= 15 is 0 Å². The molecule has 0 N–H and O–H groups in total. The highest BCUT2D eigenvalue weighted by Gasteiger charge is 2.12. The van der Waals surface area contributed by atoms with E-state index in [4.69, 9.17) is 19.2 Å². The Balaban J connectivity index is 1.32. The van der Waals surface area contributed by atoms with E-state index in [1.54, 1.807) is 7.11 Å². The molecule has 1 heterocycles. The second-order valence-electron chi connectivity index (χ2n) is 7.79. The highest BCUT2D eigenvalue weighted by Crippen LogP contribution is 2.27. The fourth-order valence-electron chi connectivity index (χ4n) is 4.09. The molecule has 5 nitrogen and oxygen atoms in total. The summed E-state index contributed by atoms with van der Waals surface area (Å²) in [6, 6.07) is 30.3. The van der Waals surface area contributed by atoms with Gasteiger partial charge in [-0.3, -0.25) is 0 Å². The molecule has 0 radical (unpaired) electrons. The largest absolute Gasteiger partial charge is 0.493 e. The molecule has 0 amide bonds. The Kier molecular flexibility index (Phi) is 6.11. The molecule has 0 aliphatic heterocycles. The fraction of sp³-hybridized carbons (Fsp3) is 0.179. The van der Waals surface area contributed by atoms with Crippen LogP contribution in [0.2, 0.25) is 0 Å². The molecule has 0 fully saturated rings. The minimum Gasteiger partial charge on any atom is -0.493 e. The lowest BCUT2D eigenvalue weighted by molar-refractivity contribution is 0.274. The summed E-state index contributed by atoms with van der Waals surface area (Å²) >= 11 is 0. The first-order valence-electron chi connectivity index (χ1n) is 11.1. The third-order valence-electron chi connectivity index (χ3n) is 5.69. The van der Waals surface area contributed by atoms with Crippen molar-refractivity contribution >= 4 is 21.8 Å². The standard InChI is InChI=1S/C28H26N2O3/c1-31-26-15-6-7-16-27(26)32-19-9-18-30-24-14-5-4-13-23(24)29-28(30)20-33-25-17-8-11-21-10-2-3-12-22(21)25/h2-8,10-17H,9,18-20H2,1H3. The number of rotatable bonds is 9. The second-order valence-corrected chi connectivity index (χ2v) is 7.79. The van der Waals surface area contributed by atoms with E-state index in [9.17, 15) is 0 Å². The summed E-state index contributed by atoms with van der Waals surface area (Å²) in [7, 11) is 1.65. The molecule has 166 valence electrons. The molecule has 0 bridgehead atoms. The van der Waals surface area contributed by atoms with Crippen LogP contribution in [0.25, 0.3) is 21.8 Å². The Labute approximate surface area is 193 Å². The summed E-state index contributed by atoms with van der Waals surface area (Å²) in [4.78, 5) is 4.85. The SMILES string of the molecule is COc1ccccc1OCCCn1c(COc2cccc3ccccc23)nc2ccccc21. The van der Waals surface area contributed by atoms with E-state index in [0.29, 0.717) is 13.2 Å². The zero-order valence-electron chi connectivity index (χ0n) is 18.6. The maximum Gasteiger partial charge on any atom is 0.161 e. The summed E-state index contributed by atoms with van der Waals surface area (Å²) < 4.78 is 19.8. The lowest BCUT2D eigenvalue weighted by Crippen LogP contribution is -2.10. The van der Waals surface area contributed by atoms with Gasteiger partial charge >= 0.3 is 0 Å². The molecule has 0 unspecified atom stereocenters. The van der Waals surface area contributed by atoms with E-state index < -0.39 is 0 Å². The van der Waals surface area contributed by atoms with Crippen LogP contribution in [0.5, 0.6) is 17.2 Å². The lowest BCUT2D eigenvalue weighted by atomic mass is 10.1. The molecule has 5 heteroatoms. The molecular weight excluding hydrogens is 412 g/mol. The van der Waals surface area contributed by atoms with Crippen LogP contribution in [0, 0.1) is 0 Å². The van der Waals surface area contributed by atoms with Crippen LogP contribution in [0.3, 0.4) is 0 Å². The molecule has 0 saturated heterocycles. The summed E-state index contributed by atoms with van der Waals surface area (Å²) in [5.74, 6) is 3.28. The maximum atomic E-state index is 6.25. The van der Waals surface area contributed by atoms with Crippen LogP contribution >= 0.6 is 0 Å². The smallest absolute Gasteiger partial charge is 0.161 e. The lowest BCUT2D eigenvalue weighted by Gasteiger charge is -2.13. The summed E-state index contributed by atoms with van der Waals surface area (Å²) in [5.41, 5.74) is 2.07. The van der Waals surface area contributed by atoms with Crippen molar-refractivity contribution in [3.8, 4) is 17.2 Å². The van der Waals surface area contributed by atoms with Gasteiger partial charge in [-0.15, -0.1) is 0 Å². The highest BCUT2D eigenvalue weighted by molar-refractivity contribution is 5.88. The van der Waals surface area contributed by atoms with Crippen LogP contribution in [0.1, 0.15) is 12.2 Å². The number of hydrogen-bond donors (Lipinski definition) is 0. The van der Waals surface area contributed by atoms with Crippen molar-refractivity contribution in [3.63, 3.8) is 0 Å². The van der Waals surface area contributed by atoms with Crippen molar-refractivity contribution in [1.82, 2.24) is 9.55 Å². The number of aromatic nitrogens is 2. The molecule has 0 spiro atoms. The highest BCUT2D eigenvalue weighted by atomic mass is 16.5. The molecule has 5 aromatic rings. The van der Waals surface area contributed by atoms with Gasteiger partial charge in [-0.1, -0.05) is 60.7 Å². The number of ether oxygens (including phenoxy) is 3. The average Bonchev–Trinajstić information content (AvgIpc) is 3.23. The number of methoxy groups -OCH3 is 1. The van der Waals surface area contributed by atoms with Gasteiger partial charge in [0.15, 0.2) is 11.5 Å². The number of benzene rings is 4. The minimum absolute atomic E-state index is 0.399. The molecule has 0 aliphatic rings. The zero-order chi connectivity index (χ0) is 22.5. The van der Waals surface area contributed by atoms with Crippen molar-refractivity contribution in [2.24, 2.45) is 0 Å². The predicted molar refractivity (Wildman–Crippen MR) is 131 cm³/mol. The number of para-hydroxylation sites is 4. The summed E-state index contributed by atoms with van der Waals surface area (Å²) in [6.07, 6.45) is 0.833. The second kappa shape index (κ2) is 9.65.